The fraction of sp³-hybridized carbons (Fsp3) is 0.200. The van der Waals surface area contributed by atoms with Gasteiger partial charge in [0.15, 0.2) is 11.6 Å². The zero-order valence-corrected chi connectivity index (χ0v) is 15.0. The van der Waals surface area contributed by atoms with Crippen LogP contribution in [0.3, 0.4) is 0 Å². The van der Waals surface area contributed by atoms with Crippen LogP contribution in [0.15, 0.2) is 47.6 Å². The maximum atomic E-state index is 13.8. The molecule has 0 bridgehead atoms. The number of rotatable bonds is 3. The first kappa shape index (κ1) is 18.2. The number of aliphatic carboxylic acids is 1. The Morgan fingerprint density at radius 1 is 1.23 bits per heavy atom. The number of benzene rings is 1. The number of carboxylic acid groups (broad SMARTS) is 1. The Hall–Kier alpha value is -2.60. The Balaban J connectivity index is 2.17. The molecule has 0 aromatic heterocycles. The smallest absolute Gasteiger partial charge is 0.307 e. The van der Waals surface area contributed by atoms with E-state index >= 15 is 0 Å². The highest BCUT2D eigenvalue weighted by Gasteiger charge is 2.28. The standard InChI is InChI=1S/C20H16F2O3S/c1-10-3-4-12(19(5-10)26-25)6-13-11(2)14(9-20(23)24)16-8-18(22)17(21)7-15(13)16/h3-8,12H,9H2,1-2H3,(H,23,24). The van der Waals surface area contributed by atoms with Crippen LogP contribution in [0.5, 0.6) is 0 Å². The van der Waals surface area contributed by atoms with Gasteiger partial charge in [-0.2, -0.15) is 0 Å². The lowest BCUT2D eigenvalue weighted by Crippen LogP contribution is -2.11. The number of allylic oxidation sites excluding steroid dienone is 7. The summed E-state index contributed by atoms with van der Waals surface area (Å²) in [5, 5.41) is 9.17. The Kier molecular flexibility index (Phi) is 4.87. The third kappa shape index (κ3) is 3.24. The molecule has 6 heteroatoms. The van der Waals surface area contributed by atoms with Gasteiger partial charge >= 0.3 is 5.97 Å². The number of hydrogen-bond acceptors (Lipinski definition) is 2. The van der Waals surface area contributed by atoms with Crippen molar-refractivity contribution in [3.8, 4) is 0 Å². The first-order chi connectivity index (χ1) is 12.3. The van der Waals surface area contributed by atoms with Crippen molar-refractivity contribution < 1.29 is 22.9 Å². The molecule has 0 amide bonds. The molecule has 0 radical (unpaired) electrons. The number of halogens is 2. The molecule has 3 nitrogen and oxygen atoms in total. The van der Waals surface area contributed by atoms with Crippen molar-refractivity contribution >= 4 is 33.2 Å². The van der Waals surface area contributed by atoms with E-state index in [1.807, 2.05) is 19.1 Å². The van der Waals surface area contributed by atoms with Crippen LogP contribution in [0.2, 0.25) is 0 Å². The minimum atomic E-state index is -1.05. The lowest BCUT2D eigenvalue weighted by molar-refractivity contribution is -0.135. The molecule has 0 saturated heterocycles. The maximum Gasteiger partial charge on any atom is 0.307 e. The summed E-state index contributed by atoms with van der Waals surface area (Å²) in [4.78, 5) is 11.8. The fourth-order valence-electron chi connectivity index (χ4n) is 3.30. The first-order valence-corrected chi connectivity index (χ1v) is 8.72. The molecule has 1 aromatic rings. The number of fused-ring (bicyclic) bond motifs is 1. The molecule has 0 aliphatic heterocycles. The van der Waals surface area contributed by atoms with Crippen molar-refractivity contribution in [2.24, 2.45) is 5.92 Å². The highest BCUT2D eigenvalue weighted by molar-refractivity contribution is 7.67. The van der Waals surface area contributed by atoms with Gasteiger partial charge in [0.25, 0.3) is 0 Å². The lowest BCUT2D eigenvalue weighted by atomic mass is 9.92. The molecule has 1 N–H and O–H groups in total. The SMILES string of the molecule is CC1=CC(=S=O)C(C=C2C(C)=C(CC(=O)O)c3cc(F)c(F)cc32)C=C1. The summed E-state index contributed by atoms with van der Waals surface area (Å²) < 4.78 is 39.0. The molecule has 1 atom stereocenters. The quantitative estimate of drug-likeness (QED) is 0.810. The second kappa shape index (κ2) is 6.96. The Morgan fingerprint density at radius 2 is 1.88 bits per heavy atom. The monoisotopic (exact) mass is 374 g/mol. The van der Waals surface area contributed by atoms with Crippen LogP contribution >= 0.6 is 0 Å². The lowest BCUT2D eigenvalue weighted by Gasteiger charge is -2.14. The summed E-state index contributed by atoms with van der Waals surface area (Å²) in [5.41, 5.74) is 3.54. The van der Waals surface area contributed by atoms with Gasteiger partial charge in [0.05, 0.1) is 22.5 Å². The maximum absolute atomic E-state index is 13.8. The van der Waals surface area contributed by atoms with E-state index in [1.54, 1.807) is 19.1 Å². The molecule has 3 rings (SSSR count). The minimum Gasteiger partial charge on any atom is -0.481 e. The van der Waals surface area contributed by atoms with Crippen LogP contribution in [-0.4, -0.2) is 20.1 Å². The summed E-state index contributed by atoms with van der Waals surface area (Å²) in [5.74, 6) is -3.35. The van der Waals surface area contributed by atoms with E-state index < -0.39 is 17.6 Å². The van der Waals surface area contributed by atoms with Gasteiger partial charge in [-0.15, -0.1) is 0 Å². The van der Waals surface area contributed by atoms with Crippen LogP contribution in [-0.2, 0) is 16.1 Å². The van der Waals surface area contributed by atoms with Crippen LogP contribution < -0.4 is 0 Å². The third-order valence-electron chi connectivity index (χ3n) is 4.57. The predicted octanol–water partition coefficient (Wildman–Crippen LogP) is 4.13. The molecular formula is C20H16F2O3S. The van der Waals surface area contributed by atoms with E-state index in [-0.39, 0.29) is 12.3 Å². The molecule has 1 aromatic carbocycles. The normalized spacial score (nSPS) is 20.5. The van der Waals surface area contributed by atoms with Gasteiger partial charge in [-0.05, 0) is 59.9 Å². The molecule has 26 heavy (non-hydrogen) atoms. The topological polar surface area (TPSA) is 54.4 Å². The van der Waals surface area contributed by atoms with E-state index in [1.165, 1.54) is 0 Å². The Labute approximate surface area is 153 Å². The van der Waals surface area contributed by atoms with Crippen molar-refractivity contribution in [1.29, 1.82) is 0 Å². The van der Waals surface area contributed by atoms with Crippen molar-refractivity contribution in [2.75, 3.05) is 0 Å². The highest BCUT2D eigenvalue weighted by atomic mass is 32.1. The van der Waals surface area contributed by atoms with Gasteiger partial charge in [0.2, 0.25) is 0 Å². The van der Waals surface area contributed by atoms with Crippen molar-refractivity contribution in [3.63, 3.8) is 0 Å². The summed E-state index contributed by atoms with van der Waals surface area (Å²) in [6, 6.07) is 2.13. The average molecular weight is 374 g/mol. The summed E-state index contributed by atoms with van der Waals surface area (Å²) in [6.45, 7) is 3.62. The third-order valence-corrected chi connectivity index (χ3v) is 5.15. The second-order valence-electron chi connectivity index (χ2n) is 6.33. The van der Waals surface area contributed by atoms with Gasteiger partial charge in [-0.3, -0.25) is 4.79 Å². The minimum absolute atomic E-state index is 0.284. The number of carbonyl (C=O) groups is 1. The molecule has 2 aliphatic carbocycles. The molecule has 0 saturated carbocycles. The fourth-order valence-corrected chi connectivity index (χ4v) is 3.79. The molecule has 0 heterocycles. The molecule has 2 aliphatic rings. The van der Waals surface area contributed by atoms with Crippen LogP contribution in [0, 0.1) is 17.6 Å². The Bertz CT molecular complexity index is 993. The van der Waals surface area contributed by atoms with Crippen molar-refractivity contribution in [3.05, 3.63) is 70.3 Å². The van der Waals surface area contributed by atoms with E-state index in [0.717, 1.165) is 17.7 Å². The van der Waals surface area contributed by atoms with E-state index in [9.17, 15) is 17.8 Å². The summed E-state index contributed by atoms with van der Waals surface area (Å²) >= 11 is 0.391. The zero-order valence-electron chi connectivity index (χ0n) is 14.2. The molecule has 0 spiro atoms. The predicted molar refractivity (Wildman–Crippen MR) is 98.7 cm³/mol. The molecule has 134 valence electrons. The van der Waals surface area contributed by atoms with E-state index in [0.29, 0.717) is 44.0 Å². The Morgan fingerprint density at radius 3 is 2.50 bits per heavy atom. The van der Waals surface area contributed by atoms with Gasteiger partial charge in [0, 0.05) is 5.92 Å². The van der Waals surface area contributed by atoms with Gasteiger partial charge in [0.1, 0.15) is 0 Å². The van der Waals surface area contributed by atoms with Crippen molar-refractivity contribution in [2.45, 2.75) is 20.3 Å². The zero-order chi connectivity index (χ0) is 19.0. The van der Waals surface area contributed by atoms with E-state index in [2.05, 4.69) is 0 Å². The number of hydrogen-bond donors (Lipinski definition) is 1. The van der Waals surface area contributed by atoms with Gasteiger partial charge in [-0.25, -0.2) is 13.0 Å². The summed E-state index contributed by atoms with van der Waals surface area (Å²) in [7, 11) is 0. The second-order valence-corrected chi connectivity index (χ2v) is 6.96. The first-order valence-electron chi connectivity index (χ1n) is 7.98. The largest absolute Gasteiger partial charge is 0.481 e. The molecule has 1 unspecified atom stereocenters. The average Bonchev–Trinajstić information content (AvgIpc) is 2.81. The molecule has 0 fully saturated rings. The van der Waals surface area contributed by atoms with Gasteiger partial charge in [-0.1, -0.05) is 23.8 Å². The highest BCUT2D eigenvalue weighted by Crippen LogP contribution is 2.44. The van der Waals surface area contributed by atoms with Gasteiger partial charge < -0.3 is 5.11 Å². The molecular weight excluding hydrogens is 358 g/mol. The number of carboxylic acids is 1. The van der Waals surface area contributed by atoms with Crippen LogP contribution in [0.4, 0.5) is 8.78 Å². The van der Waals surface area contributed by atoms with Crippen LogP contribution in [0.25, 0.3) is 11.1 Å². The summed E-state index contributed by atoms with van der Waals surface area (Å²) in [6.07, 6.45) is 7.07. The van der Waals surface area contributed by atoms with Crippen molar-refractivity contribution in [1.82, 2.24) is 0 Å². The van der Waals surface area contributed by atoms with E-state index in [4.69, 9.17) is 5.11 Å². The van der Waals surface area contributed by atoms with Crippen LogP contribution in [0.1, 0.15) is 31.4 Å².